The van der Waals surface area contributed by atoms with E-state index in [4.69, 9.17) is 4.74 Å². The smallest absolute Gasteiger partial charge is 0.264 e. The van der Waals surface area contributed by atoms with Crippen molar-refractivity contribution in [3.05, 3.63) is 95.8 Å². The number of halogens is 1. The molecule has 184 valence electrons. The second kappa shape index (κ2) is 11.4. The van der Waals surface area contributed by atoms with Crippen LogP contribution in [0.5, 0.6) is 0 Å². The van der Waals surface area contributed by atoms with Crippen LogP contribution in [0.25, 0.3) is 0 Å². The maximum absolute atomic E-state index is 14.5. The average Bonchev–Trinajstić information content (AvgIpc) is 2.88. The van der Waals surface area contributed by atoms with E-state index in [2.05, 4.69) is 10.2 Å². The molecule has 0 aromatic heterocycles. The lowest BCUT2D eigenvalue weighted by Gasteiger charge is -2.26. The molecular formula is C26H28FN3O4S. The van der Waals surface area contributed by atoms with E-state index in [1.165, 1.54) is 42.0 Å². The third kappa shape index (κ3) is 6.45. The Morgan fingerprint density at radius 1 is 0.914 bits per heavy atom. The average molecular weight is 498 g/mol. The quantitative estimate of drug-likeness (QED) is 0.491. The molecule has 3 aromatic carbocycles. The van der Waals surface area contributed by atoms with E-state index in [9.17, 15) is 17.6 Å². The van der Waals surface area contributed by atoms with Gasteiger partial charge in [0.05, 0.1) is 23.8 Å². The maximum atomic E-state index is 14.5. The lowest BCUT2D eigenvalue weighted by molar-refractivity contribution is -0.119. The second-order valence-corrected chi connectivity index (χ2v) is 10.1. The van der Waals surface area contributed by atoms with Crippen LogP contribution in [0.1, 0.15) is 11.1 Å². The number of anilines is 1. The fourth-order valence-electron chi connectivity index (χ4n) is 3.84. The summed E-state index contributed by atoms with van der Waals surface area (Å²) in [7, 11) is -4.16. The molecule has 3 aromatic rings. The highest BCUT2D eigenvalue weighted by Gasteiger charge is 2.28. The van der Waals surface area contributed by atoms with Gasteiger partial charge in [0.2, 0.25) is 5.91 Å². The number of sulfonamides is 1. The molecule has 1 saturated heterocycles. The van der Waals surface area contributed by atoms with E-state index in [-0.39, 0.29) is 17.1 Å². The summed E-state index contributed by atoms with van der Waals surface area (Å²) >= 11 is 0. The molecule has 0 spiro atoms. The van der Waals surface area contributed by atoms with Crippen LogP contribution in [0.2, 0.25) is 0 Å². The number of hydrogen-bond acceptors (Lipinski definition) is 5. The lowest BCUT2D eigenvalue weighted by Crippen LogP contribution is -2.41. The fraction of sp³-hybridized carbons (Fsp3) is 0.269. The molecule has 1 N–H and O–H groups in total. The van der Waals surface area contributed by atoms with Gasteiger partial charge in [-0.1, -0.05) is 54.6 Å². The topological polar surface area (TPSA) is 79.0 Å². The van der Waals surface area contributed by atoms with Gasteiger partial charge in [0, 0.05) is 26.2 Å². The molecule has 0 aliphatic carbocycles. The van der Waals surface area contributed by atoms with Crippen molar-refractivity contribution in [1.29, 1.82) is 0 Å². The van der Waals surface area contributed by atoms with Crippen LogP contribution in [0.15, 0.2) is 83.8 Å². The normalized spacial score (nSPS) is 14.4. The first-order valence-corrected chi connectivity index (χ1v) is 12.8. The number of hydrogen-bond donors (Lipinski definition) is 1. The van der Waals surface area contributed by atoms with E-state index in [0.29, 0.717) is 0 Å². The zero-order valence-corrected chi connectivity index (χ0v) is 20.1. The number of rotatable bonds is 9. The Hall–Kier alpha value is -3.27. The first kappa shape index (κ1) is 24.8. The van der Waals surface area contributed by atoms with Crippen LogP contribution in [0, 0.1) is 5.82 Å². The SMILES string of the molecule is O=C(CN(c1ccccc1F)S(=O)(=O)c1ccccc1)NCc1ccc(CN2CCOCC2)cc1. The first-order valence-electron chi connectivity index (χ1n) is 11.4. The Morgan fingerprint density at radius 3 is 2.23 bits per heavy atom. The summed E-state index contributed by atoms with van der Waals surface area (Å²) in [6, 6.07) is 21.1. The number of morpholine rings is 1. The predicted molar refractivity (Wildman–Crippen MR) is 132 cm³/mol. The van der Waals surface area contributed by atoms with Crippen molar-refractivity contribution in [2.45, 2.75) is 18.0 Å². The van der Waals surface area contributed by atoms with E-state index >= 15 is 0 Å². The van der Waals surface area contributed by atoms with Gasteiger partial charge in [-0.3, -0.25) is 14.0 Å². The fourth-order valence-corrected chi connectivity index (χ4v) is 5.29. The molecule has 9 heteroatoms. The van der Waals surface area contributed by atoms with Crippen molar-refractivity contribution < 1.29 is 22.3 Å². The summed E-state index contributed by atoms with van der Waals surface area (Å²) in [5, 5.41) is 2.75. The summed E-state index contributed by atoms with van der Waals surface area (Å²) in [6.07, 6.45) is 0. The molecule has 1 amide bonds. The first-order chi connectivity index (χ1) is 16.9. The van der Waals surface area contributed by atoms with E-state index in [0.717, 1.165) is 42.7 Å². The van der Waals surface area contributed by atoms with Gasteiger partial charge in [-0.15, -0.1) is 0 Å². The number of benzene rings is 3. The van der Waals surface area contributed by atoms with Crippen LogP contribution in [-0.2, 0) is 32.6 Å². The van der Waals surface area contributed by atoms with Crippen molar-refractivity contribution in [2.24, 2.45) is 0 Å². The number of ether oxygens (including phenoxy) is 1. The number of carbonyl (C=O) groups is 1. The molecule has 4 rings (SSSR count). The van der Waals surface area contributed by atoms with Crippen LogP contribution in [0.4, 0.5) is 10.1 Å². The van der Waals surface area contributed by atoms with Crippen LogP contribution < -0.4 is 9.62 Å². The molecular weight excluding hydrogens is 469 g/mol. The van der Waals surface area contributed by atoms with Gasteiger partial charge in [-0.05, 0) is 35.4 Å². The number of amides is 1. The zero-order chi connectivity index (χ0) is 24.7. The molecule has 35 heavy (non-hydrogen) atoms. The summed E-state index contributed by atoms with van der Waals surface area (Å²) < 4.78 is 47.3. The molecule has 0 unspecified atom stereocenters. The third-order valence-corrected chi connectivity index (χ3v) is 7.54. The molecule has 1 aliphatic heterocycles. The molecule has 0 saturated carbocycles. The Bertz CT molecular complexity index is 1230. The highest BCUT2D eigenvalue weighted by molar-refractivity contribution is 7.92. The molecule has 0 radical (unpaired) electrons. The number of nitrogens with zero attached hydrogens (tertiary/aromatic N) is 2. The molecule has 1 fully saturated rings. The summed E-state index contributed by atoms with van der Waals surface area (Å²) in [5.74, 6) is -1.26. The lowest BCUT2D eigenvalue weighted by atomic mass is 10.1. The largest absolute Gasteiger partial charge is 0.379 e. The van der Waals surface area contributed by atoms with Crippen LogP contribution in [-0.4, -0.2) is 52.1 Å². The summed E-state index contributed by atoms with van der Waals surface area (Å²) in [6.45, 7) is 3.82. The minimum atomic E-state index is -4.16. The molecule has 0 atom stereocenters. The summed E-state index contributed by atoms with van der Waals surface area (Å²) in [4.78, 5) is 15.1. The molecule has 1 aliphatic rings. The number of nitrogens with one attached hydrogen (secondary N) is 1. The maximum Gasteiger partial charge on any atom is 0.264 e. The van der Waals surface area contributed by atoms with Crippen molar-refractivity contribution in [2.75, 3.05) is 37.2 Å². The Kier molecular flexibility index (Phi) is 8.12. The van der Waals surface area contributed by atoms with E-state index in [1.807, 2.05) is 24.3 Å². The van der Waals surface area contributed by atoms with Gasteiger partial charge in [0.15, 0.2) is 0 Å². The Labute approximate surface area is 205 Å². The number of para-hydroxylation sites is 1. The van der Waals surface area contributed by atoms with Gasteiger partial charge < -0.3 is 10.1 Å². The Morgan fingerprint density at radius 2 is 1.54 bits per heavy atom. The highest BCUT2D eigenvalue weighted by Crippen LogP contribution is 2.26. The van der Waals surface area contributed by atoms with E-state index in [1.54, 1.807) is 18.2 Å². The van der Waals surface area contributed by atoms with Gasteiger partial charge >= 0.3 is 0 Å². The molecule has 1 heterocycles. The van der Waals surface area contributed by atoms with E-state index < -0.39 is 28.3 Å². The zero-order valence-electron chi connectivity index (χ0n) is 19.3. The van der Waals surface area contributed by atoms with Crippen molar-refractivity contribution >= 4 is 21.6 Å². The van der Waals surface area contributed by atoms with Gasteiger partial charge in [0.1, 0.15) is 12.4 Å². The molecule has 0 bridgehead atoms. The van der Waals surface area contributed by atoms with Gasteiger partial charge in [-0.25, -0.2) is 12.8 Å². The standard InChI is InChI=1S/C26H28FN3O4S/c27-24-8-4-5-9-25(24)30(35(32,33)23-6-2-1-3-7-23)20-26(31)28-18-21-10-12-22(13-11-21)19-29-14-16-34-17-15-29/h1-13H,14-20H2,(H,28,31). The van der Waals surface area contributed by atoms with Gasteiger partial charge in [0.25, 0.3) is 10.0 Å². The minimum Gasteiger partial charge on any atom is -0.379 e. The number of carbonyl (C=O) groups excluding carboxylic acids is 1. The highest BCUT2D eigenvalue weighted by atomic mass is 32.2. The van der Waals surface area contributed by atoms with Crippen molar-refractivity contribution in [3.63, 3.8) is 0 Å². The monoisotopic (exact) mass is 497 g/mol. The van der Waals surface area contributed by atoms with Gasteiger partial charge in [-0.2, -0.15) is 0 Å². The third-order valence-electron chi connectivity index (χ3n) is 5.76. The van der Waals surface area contributed by atoms with Crippen LogP contribution in [0.3, 0.4) is 0 Å². The Balaban J connectivity index is 1.42. The summed E-state index contributed by atoms with van der Waals surface area (Å²) in [5.41, 5.74) is 1.87. The molecule has 7 nitrogen and oxygen atoms in total. The predicted octanol–water partition coefficient (Wildman–Crippen LogP) is 3.17. The van der Waals surface area contributed by atoms with Crippen molar-refractivity contribution in [3.8, 4) is 0 Å². The van der Waals surface area contributed by atoms with Crippen molar-refractivity contribution in [1.82, 2.24) is 10.2 Å². The minimum absolute atomic E-state index is 0.0214. The van der Waals surface area contributed by atoms with Crippen LogP contribution >= 0.6 is 0 Å². The second-order valence-electron chi connectivity index (χ2n) is 8.26.